The quantitative estimate of drug-likeness (QED) is 0.724. The molecule has 0 atom stereocenters. The van der Waals surface area contributed by atoms with E-state index in [4.69, 9.17) is 9.84 Å². The van der Waals surface area contributed by atoms with E-state index in [-0.39, 0.29) is 18.1 Å². The zero-order valence-electron chi connectivity index (χ0n) is 12.4. The van der Waals surface area contributed by atoms with Gasteiger partial charge in [0.05, 0.1) is 12.2 Å². The molecule has 0 aliphatic carbocycles. The summed E-state index contributed by atoms with van der Waals surface area (Å²) in [5, 5.41) is 11.4. The first-order valence-electron chi connectivity index (χ1n) is 6.72. The van der Waals surface area contributed by atoms with Gasteiger partial charge in [0, 0.05) is 5.69 Å². The number of benzene rings is 1. The molecule has 0 saturated heterocycles. The van der Waals surface area contributed by atoms with Crippen LogP contribution in [0.5, 0.6) is 0 Å². The molecule has 0 aliphatic rings. The Morgan fingerprint density at radius 2 is 1.95 bits per heavy atom. The first-order chi connectivity index (χ1) is 10.6. The van der Waals surface area contributed by atoms with Crippen LogP contribution < -0.4 is 5.32 Å². The summed E-state index contributed by atoms with van der Waals surface area (Å²) in [6, 6.07) is 5.92. The molecule has 0 saturated carbocycles. The Bertz CT molecular complexity index is 585. The molecule has 0 bridgehead atoms. The van der Waals surface area contributed by atoms with Crippen LogP contribution in [0.1, 0.15) is 17.3 Å². The lowest BCUT2D eigenvalue weighted by Gasteiger charge is -2.07. The molecule has 5 heteroatoms. The van der Waals surface area contributed by atoms with Crippen LogP contribution in [0.3, 0.4) is 0 Å². The topological polar surface area (TPSA) is 75.6 Å². The maximum atomic E-state index is 11.7. The molecular formula is C17H19NO4. The molecule has 2 N–H and O–H groups in total. The zero-order chi connectivity index (χ0) is 16.4. The van der Waals surface area contributed by atoms with Crippen molar-refractivity contribution < 1.29 is 19.4 Å². The van der Waals surface area contributed by atoms with Crippen molar-refractivity contribution in [3.8, 4) is 0 Å². The second-order valence-electron chi connectivity index (χ2n) is 4.40. The molecule has 0 aliphatic heterocycles. The van der Waals surface area contributed by atoms with E-state index < -0.39 is 5.97 Å². The van der Waals surface area contributed by atoms with Gasteiger partial charge in [-0.05, 0) is 36.8 Å². The number of aromatic carboxylic acids is 1. The van der Waals surface area contributed by atoms with E-state index in [1.165, 1.54) is 24.3 Å². The Kier molecular flexibility index (Phi) is 7.36. The van der Waals surface area contributed by atoms with E-state index in [0.717, 1.165) is 5.57 Å². The third kappa shape index (κ3) is 6.19. The Labute approximate surface area is 129 Å². The molecule has 0 spiro atoms. The highest BCUT2D eigenvalue weighted by atomic mass is 16.5. The zero-order valence-corrected chi connectivity index (χ0v) is 12.4. The highest BCUT2D eigenvalue weighted by Gasteiger charge is 2.05. The van der Waals surface area contributed by atoms with Crippen molar-refractivity contribution in [2.24, 2.45) is 0 Å². The van der Waals surface area contributed by atoms with Crippen LogP contribution >= 0.6 is 0 Å². The van der Waals surface area contributed by atoms with E-state index in [1.54, 1.807) is 6.08 Å². The molecule has 22 heavy (non-hydrogen) atoms. The van der Waals surface area contributed by atoms with E-state index >= 15 is 0 Å². The molecule has 0 fully saturated rings. The fourth-order valence-electron chi connectivity index (χ4n) is 1.67. The lowest BCUT2D eigenvalue weighted by Crippen LogP contribution is -2.19. The summed E-state index contributed by atoms with van der Waals surface area (Å²) in [7, 11) is 0. The summed E-state index contributed by atoms with van der Waals surface area (Å²) >= 11 is 0. The van der Waals surface area contributed by atoms with Gasteiger partial charge in [-0.15, -0.1) is 0 Å². The molecule has 0 radical (unpaired) electrons. The molecule has 0 aromatic heterocycles. The molecule has 1 amide bonds. The van der Waals surface area contributed by atoms with Crippen molar-refractivity contribution in [1.82, 2.24) is 0 Å². The largest absolute Gasteiger partial charge is 0.478 e. The lowest BCUT2D eigenvalue weighted by atomic mass is 10.2. The number of rotatable bonds is 8. The van der Waals surface area contributed by atoms with Crippen molar-refractivity contribution in [3.05, 3.63) is 66.3 Å². The van der Waals surface area contributed by atoms with Crippen molar-refractivity contribution in [2.45, 2.75) is 6.92 Å². The van der Waals surface area contributed by atoms with Crippen molar-refractivity contribution in [1.29, 1.82) is 0 Å². The van der Waals surface area contributed by atoms with Crippen LogP contribution in [0, 0.1) is 0 Å². The monoisotopic (exact) mass is 301 g/mol. The van der Waals surface area contributed by atoms with E-state index in [2.05, 4.69) is 11.9 Å². The number of allylic oxidation sites excluding steroid dienone is 3. The van der Waals surface area contributed by atoms with Gasteiger partial charge in [-0.2, -0.15) is 0 Å². The van der Waals surface area contributed by atoms with Crippen LogP contribution in [-0.4, -0.2) is 30.2 Å². The highest BCUT2D eigenvalue weighted by Crippen LogP contribution is 2.09. The first kappa shape index (κ1) is 17.4. The van der Waals surface area contributed by atoms with Crippen LogP contribution in [-0.2, 0) is 9.53 Å². The van der Waals surface area contributed by atoms with Crippen molar-refractivity contribution >= 4 is 17.6 Å². The number of nitrogens with one attached hydrogen (secondary N) is 1. The minimum absolute atomic E-state index is 0.0906. The number of carbonyl (C=O) groups excluding carboxylic acids is 1. The van der Waals surface area contributed by atoms with Gasteiger partial charge in [-0.1, -0.05) is 30.9 Å². The molecule has 1 aromatic carbocycles. The van der Waals surface area contributed by atoms with E-state index in [1.807, 2.05) is 25.2 Å². The Morgan fingerprint density at radius 1 is 1.27 bits per heavy atom. The van der Waals surface area contributed by atoms with Gasteiger partial charge in [0.15, 0.2) is 0 Å². The predicted octanol–water partition coefficient (Wildman–Crippen LogP) is 3.03. The Balaban J connectivity index is 2.44. The lowest BCUT2D eigenvalue weighted by molar-refractivity contribution is -0.120. The van der Waals surface area contributed by atoms with Crippen molar-refractivity contribution in [3.63, 3.8) is 0 Å². The molecule has 0 heterocycles. The third-order valence-corrected chi connectivity index (χ3v) is 2.63. The number of carboxylic acid groups (broad SMARTS) is 1. The minimum Gasteiger partial charge on any atom is -0.478 e. The second-order valence-corrected chi connectivity index (χ2v) is 4.40. The summed E-state index contributed by atoms with van der Waals surface area (Å²) in [6.07, 6.45) is 7.22. The number of ether oxygens (including phenoxy) is 1. The SMILES string of the molecule is C=C/C=C(\C=C/C)COCC(=O)Nc1ccc(C(=O)O)cc1. The van der Waals surface area contributed by atoms with Crippen LogP contribution in [0.4, 0.5) is 5.69 Å². The number of amides is 1. The molecule has 1 rings (SSSR count). The summed E-state index contributed by atoms with van der Waals surface area (Å²) in [5.41, 5.74) is 1.60. The minimum atomic E-state index is -1.01. The van der Waals surface area contributed by atoms with Crippen LogP contribution in [0.2, 0.25) is 0 Å². The summed E-state index contributed by atoms with van der Waals surface area (Å²) in [5.74, 6) is -1.31. The number of hydrogen-bond donors (Lipinski definition) is 2. The fourth-order valence-corrected chi connectivity index (χ4v) is 1.67. The van der Waals surface area contributed by atoms with Gasteiger partial charge in [0.25, 0.3) is 0 Å². The predicted molar refractivity (Wildman–Crippen MR) is 85.9 cm³/mol. The summed E-state index contributed by atoms with van der Waals surface area (Å²) in [6.45, 7) is 5.72. The summed E-state index contributed by atoms with van der Waals surface area (Å²) < 4.78 is 5.32. The number of carboxylic acids is 1. The maximum absolute atomic E-state index is 11.7. The average Bonchev–Trinajstić information content (AvgIpc) is 2.48. The smallest absolute Gasteiger partial charge is 0.335 e. The highest BCUT2D eigenvalue weighted by molar-refractivity contribution is 5.93. The maximum Gasteiger partial charge on any atom is 0.335 e. The fraction of sp³-hybridized carbons (Fsp3) is 0.176. The summed E-state index contributed by atoms with van der Waals surface area (Å²) in [4.78, 5) is 22.4. The Hall–Kier alpha value is -2.66. The third-order valence-electron chi connectivity index (χ3n) is 2.63. The van der Waals surface area contributed by atoms with Crippen molar-refractivity contribution in [2.75, 3.05) is 18.5 Å². The van der Waals surface area contributed by atoms with Crippen LogP contribution in [0.25, 0.3) is 0 Å². The van der Waals surface area contributed by atoms with Crippen LogP contribution in [0.15, 0.2) is 60.7 Å². The number of carbonyl (C=O) groups is 2. The normalized spacial score (nSPS) is 11.4. The number of anilines is 1. The van der Waals surface area contributed by atoms with Gasteiger partial charge in [0.2, 0.25) is 5.91 Å². The number of hydrogen-bond acceptors (Lipinski definition) is 3. The van der Waals surface area contributed by atoms with Gasteiger partial charge in [-0.3, -0.25) is 4.79 Å². The molecule has 0 unspecified atom stereocenters. The van der Waals surface area contributed by atoms with Gasteiger partial charge < -0.3 is 15.2 Å². The van der Waals surface area contributed by atoms with E-state index in [9.17, 15) is 9.59 Å². The van der Waals surface area contributed by atoms with Gasteiger partial charge >= 0.3 is 5.97 Å². The van der Waals surface area contributed by atoms with Gasteiger partial charge in [-0.25, -0.2) is 4.79 Å². The average molecular weight is 301 g/mol. The molecule has 5 nitrogen and oxygen atoms in total. The standard InChI is InChI=1S/C17H19NO4/c1-3-5-13(6-4-2)11-22-12-16(19)18-15-9-7-14(8-10-15)17(20)21/h3-10H,1,11-12H2,2H3,(H,18,19)(H,20,21)/b6-4-,13-5+. The molecule has 116 valence electrons. The van der Waals surface area contributed by atoms with E-state index in [0.29, 0.717) is 12.3 Å². The first-order valence-corrected chi connectivity index (χ1v) is 6.72. The second kappa shape index (κ2) is 9.31. The Morgan fingerprint density at radius 3 is 2.50 bits per heavy atom. The molecule has 1 aromatic rings. The molecular weight excluding hydrogens is 282 g/mol. The van der Waals surface area contributed by atoms with Gasteiger partial charge in [0.1, 0.15) is 6.61 Å².